The normalized spacial score (nSPS) is 10.7. The lowest BCUT2D eigenvalue weighted by molar-refractivity contribution is 0.112. The lowest BCUT2D eigenvalue weighted by Gasteiger charge is -1.88. The first-order chi connectivity index (χ1) is 5.29. The molecule has 0 aliphatic heterocycles. The summed E-state index contributed by atoms with van der Waals surface area (Å²) in [5, 5.41) is 1.89. The molecule has 0 radical (unpaired) electrons. The highest BCUT2D eigenvalue weighted by molar-refractivity contribution is 7.11. The van der Waals surface area contributed by atoms with E-state index in [1.54, 1.807) is 11.3 Å². The van der Waals surface area contributed by atoms with E-state index in [2.05, 4.69) is 0 Å². The average molecular weight is 166 g/mol. The molecule has 0 fully saturated rings. The van der Waals surface area contributed by atoms with Crippen LogP contribution in [0.25, 0.3) is 6.08 Å². The maximum Gasteiger partial charge on any atom is 0.151 e. The number of hydrogen-bond donors (Lipinski definition) is 0. The van der Waals surface area contributed by atoms with Crippen molar-refractivity contribution in [2.75, 3.05) is 0 Å². The van der Waals surface area contributed by atoms with Gasteiger partial charge in [-0.2, -0.15) is 0 Å². The predicted octanol–water partition coefficient (Wildman–Crippen LogP) is 2.90. The predicted molar refractivity (Wildman–Crippen MR) is 49.2 cm³/mol. The Hall–Kier alpha value is -0.890. The third kappa shape index (κ3) is 1.57. The van der Waals surface area contributed by atoms with Crippen molar-refractivity contribution < 1.29 is 4.79 Å². The zero-order valence-corrected chi connectivity index (χ0v) is 7.44. The van der Waals surface area contributed by atoms with Crippen LogP contribution >= 0.6 is 11.3 Å². The van der Waals surface area contributed by atoms with Gasteiger partial charge in [-0.15, -0.1) is 11.3 Å². The summed E-state index contributed by atoms with van der Waals surface area (Å²) in [4.78, 5) is 11.6. The SMILES string of the molecule is C/C=C\c1scc(C=O)c1C. The van der Waals surface area contributed by atoms with Crippen LogP contribution < -0.4 is 0 Å². The summed E-state index contributed by atoms with van der Waals surface area (Å²) in [5.74, 6) is 0. The van der Waals surface area contributed by atoms with E-state index in [1.807, 2.05) is 31.4 Å². The lowest BCUT2D eigenvalue weighted by atomic mass is 10.2. The first kappa shape index (κ1) is 8.21. The monoisotopic (exact) mass is 166 g/mol. The highest BCUT2D eigenvalue weighted by atomic mass is 32.1. The minimum Gasteiger partial charge on any atom is -0.298 e. The quantitative estimate of drug-likeness (QED) is 0.617. The van der Waals surface area contributed by atoms with Gasteiger partial charge in [-0.05, 0) is 25.5 Å². The van der Waals surface area contributed by atoms with Crippen molar-refractivity contribution >= 4 is 23.7 Å². The van der Waals surface area contributed by atoms with Crippen LogP contribution in [0.1, 0.15) is 27.7 Å². The Morgan fingerprint density at radius 2 is 2.27 bits per heavy atom. The molecule has 0 aliphatic carbocycles. The second kappa shape index (κ2) is 3.49. The fourth-order valence-corrected chi connectivity index (χ4v) is 1.87. The highest BCUT2D eigenvalue weighted by Crippen LogP contribution is 2.21. The van der Waals surface area contributed by atoms with Crippen LogP contribution in [0.4, 0.5) is 0 Å². The molecule has 0 unspecified atom stereocenters. The van der Waals surface area contributed by atoms with Gasteiger partial charge in [-0.25, -0.2) is 0 Å². The molecule has 0 atom stereocenters. The maximum absolute atomic E-state index is 10.4. The summed E-state index contributed by atoms with van der Waals surface area (Å²) in [6.45, 7) is 3.94. The van der Waals surface area contributed by atoms with Gasteiger partial charge in [0.2, 0.25) is 0 Å². The molecule has 0 spiro atoms. The number of carbonyl (C=O) groups is 1. The van der Waals surface area contributed by atoms with Gasteiger partial charge in [0.25, 0.3) is 0 Å². The number of hydrogen-bond acceptors (Lipinski definition) is 2. The molecule has 1 aromatic heterocycles. The van der Waals surface area contributed by atoms with Crippen molar-refractivity contribution in [1.82, 2.24) is 0 Å². The zero-order chi connectivity index (χ0) is 8.27. The van der Waals surface area contributed by atoms with Crippen LogP contribution in [0.2, 0.25) is 0 Å². The van der Waals surface area contributed by atoms with Gasteiger partial charge in [0.1, 0.15) is 0 Å². The molecule has 0 aromatic carbocycles. The number of rotatable bonds is 2. The van der Waals surface area contributed by atoms with Gasteiger partial charge in [-0.1, -0.05) is 6.08 Å². The van der Waals surface area contributed by atoms with Crippen molar-refractivity contribution in [2.45, 2.75) is 13.8 Å². The van der Waals surface area contributed by atoms with Gasteiger partial charge in [0, 0.05) is 15.8 Å². The van der Waals surface area contributed by atoms with Crippen LogP contribution in [-0.2, 0) is 0 Å². The summed E-state index contributed by atoms with van der Waals surface area (Å²) in [5.41, 5.74) is 1.89. The standard InChI is InChI=1S/C9H10OS/c1-3-4-9-7(2)8(5-10)6-11-9/h3-6H,1-2H3/b4-3-. The van der Waals surface area contributed by atoms with Crippen LogP contribution in [0.5, 0.6) is 0 Å². The summed E-state index contributed by atoms with van der Waals surface area (Å²) in [6.07, 6.45) is 4.90. The van der Waals surface area contributed by atoms with Crippen LogP contribution in [0, 0.1) is 6.92 Å². The fraction of sp³-hybridized carbons (Fsp3) is 0.222. The van der Waals surface area contributed by atoms with E-state index in [1.165, 1.54) is 4.88 Å². The van der Waals surface area contributed by atoms with Crippen molar-refractivity contribution in [2.24, 2.45) is 0 Å². The van der Waals surface area contributed by atoms with Crippen molar-refractivity contribution in [3.8, 4) is 0 Å². The van der Waals surface area contributed by atoms with E-state index in [0.29, 0.717) is 0 Å². The maximum atomic E-state index is 10.4. The number of carbonyl (C=O) groups excluding carboxylic acids is 1. The molecule has 58 valence electrons. The lowest BCUT2D eigenvalue weighted by Crippen LogP contribution is -1.78. The Labute approximate surface area is 70.4 Å². The van der Waals surface area contributed by atoms with E-state index < -0.39 is 0 Å². The molecule has 1 nitrogen and oxygen atoms in total. The number of thiophene rings is 1. The molecule has 2 heteroatoms. The Bertz CT molecular complexity index is 284. The molecule has 11 heavy (non-hydrogen) atoms. The van der Waals surface area contributed by atoms with Crippen LogP contribution in [0.15, 0.2) is 11.5 Å². The molecular formula is C9H10OS. The molecular weight excluding hydrogens is 156 g/mol. The highest BCUT2D eigenvalue weighted by Gasteiger charge is 2.02. The van der Waals surface area contributed by atoms with Crippen molar-refractivity contribution in [3.63, 3.8) is 0 Å². The van der Waals surface area contributed by atoms with Crippen molar-refractivity contribution in [1.29, 1.82) is 0 Å². The third-order valence-electron chi connectivity index (χ3n) is 1.56. The zero-order valence-electron chi connectivity index (χ0n) is 6.63. The van der Waals surface area contributed by atoms with Crippen molar-refractivity contribution in [3.05, 3.63) is 27.5 Å². The Balaban J connectivity index is 3.09. The largest absolute Gasteiger partial charge is 0.298 e. The Morgan fingerprint density at radius 3 is 2.73 bits per heavy atom. The molecule has 0 bridgehead atoms. The van der Waals surface area contributed by atoms with E-state index in [9.17, 15) is 4.79 Å². The number of allylic oxidation sites excluding steroid dienone is 1. The smallest absolute Gasteiger partial charge is 0.151 e. The minimum atomic E-state index is 0.808. The summed E-state index contributed by atoms with van der Waals surface area (Å²) in [6, 6.07) is 0. The summed E-state index contributed by atoms with van der Waals surface area (Å²) >= 11 is 1.61. The molecule has 0 N–H and O–H groups in total. The summed E-state index contributed by atoms with van der Waals surface area (Å²) < 4.78 is 0. The molecule has 0 saturated carbocycles. The second-order valence-corrected chi connectivity index (χ2v) is 3.21. The van der Waals surface area contributed by atoms with Gasteiger partial charge in [0.05, 0.1) is 0 Å². The van der Waals surface area contributed by atoms with E-state index in [4.69, 9.17) is 0 Å². The minimum absolute atomic E-state index is 0.808. The van der Waals surface area contributed by atoms with E-state index in [0.717, 1.165) is 17.4 Å². The van der Waals surface area contributed by atoms with E-state index in [-0.39, 0.29) is 0 Å². The van der Waals surface area contributed by atoms with Gasteiger partial charge in [0.15, 0.2) is 6.29 Å². The van der Waals surface area contributed by atoms with Gasteiger partial charge in [-0.3, -0.25) is 4.79 Å². The fourth-order valence-electron chi connectivity index (χ4n) is 0.878. The summed E-state index contributed by atoms with van der Waals surface area (Å²) in [7, 11) is 0. The first-order valence-corrected chi connectivity index (χ1v) is 4.33. The molecule has 0 aliphatic rings. The van der Waals surface area contributed by atoms with E-state index >= 15 is 0 Å². The molecule has 0 saturated heterocycles. The Kier molecular flexibility index (Phi) is 2.60. The molecule has 1 heterocycles. The molecule has 1 aromatic rings. The van der Waals surface area contributed by atoms with Gasteiger partial charge >= 0.3 is 0 Å². The first-order valence-electron chi connectivity index (χ1n) is 3.45. The van der Waals surface area contributed by atoms with Gasteiger partial charge < -0.3 is 0 Å². The Morgan fingerprint density at radius 1 is 1.55 bits per heavy atom. The topological polar surface area (TPSA) is 17.1 Å². The number of aldehydes is 1. The third-order valence-corrected chi connectivity index (χ3v) is 2.63. The van der Waals surface area contributed by atoms with Crippen LogP contribution in [0.3, 0.4) is 0 Å². The molecule has 0 amide bonds. The molecule has 1 rings (SSSR count). The second-order valence-electron chi connectivity index (χ2n) is 2.30. The average Bonchev–Trinajstić information content (AvgIpc) is 2.34. The van der Waals surface area contributed by atoms with Crippen LogP contribution in [-0.4, -0.2) is 6.29 Å².